The summed E-state index contributed by atoms with van der Waals surface area (Å²) in [5.74, 6) is 1.63. The molecule has 0 bridgehead atoms. The van der Waals surface area contributed by atoms with Crippen molar-refractivity contribution in [3.63, 3.8) is 0 Å². The van der Waals surface area contributed by atoms with Gasteiger partial charge in [0.15, 0.2) is 11.6 Å². The van der Waals surface area contributed by atoms with Gasteiger partial charge in [-0.3, -0.25) is 9.59 Å². The number of ketones is 2. The van der Waals surface area contributed by atoms with E-state index < -0.39 is 0 Å². The van der Waals surface area contributed by atoms with E-state index >= 15 is 0 Å². The Morgan fingerprint density at radius 2 is 1.48 bits per heavy atom. The van der Waals surface area contributed by atoms with Gasteiger partial charge in [-0.25, -0.2) is 0 Å². The second-order valence-corrected chi connectivity index (χ2v) is 7.38. The van der Waals surface area contributed by atoms with Gasteiger partial charge in [-0.15, -0.1) is 0 Å². The fourth-order valence-corrected chi connectivity index (χ4v) is 3.91. The summed E-state index contributed by atoms with van der Waals surface area (Å²) in [6.45, 7) is 3.78. The summed E-state index contributed by atoms with van der Waals surface area (Å²) in [6.07, 6.45) is 0.799. The summed E-state index contributed by atoms with van der Waals surface area (Å²) in [4.78, 5) is 25.6. The SMILES string of the molecule is Cc1ccc(C(=O)c2ccccc2)c(C)c1C(=O)C=PCc1ccccc1. The lowest BCUT2D eigenvalue weighted by Crippen LogP contribution is -2.11. The minimum absolute atomic E-state index is 0.0229. The van der Waals surface area contributed by atoms with Gasteiger partial charge in [0.25, 0.3) is 0 Å². The molecule has 2 nitrogen and oxygen atoms in total. The average molecular weight is 372 g/mol. The molecule has 0 amide bonds. The van der Waals surface area contributed by atoms with Crippen LogP contribution in [-0.2, 0) is 6.16 Å². The molecule has 0 aliphatic rings. The first-order valence-electron chi connectivity index (χ1n) is 8.86. The van der Waals surface area contributed by atoms with E-state index in [0.717, 1.165) is 25.5 Å². The van der Waals surface area contributed by atoms with Crippen molar-refractivity contribution in [3.8, 4) is 0 Å². The molecule has 0 spiro atoms. The van der Waals surface area contributed by atoms with Crippen molar-refractivity contribution in [1.82, 2.24) is 0 Å². The van der Waals surface area contributed by atoms with Crippen molar-refractivity contribution in [2.45, 2.75) is 20.0 Å². The number of hydrogen-bond acceptors (Lipinski definition) is 2. The van der Waals surface area contributed by atoms with Gasteiger partial charge < -0.3 is 0 Å². The van der Waals surface area contributed by atoms with Crippen molar-refractivity contribution in [2.75, 3.05) is 0 Å². The molecule has 0 N–H and O–H groups in total. The zero-order chi connectivity index (χ0) is 19.2. The summed E-state index contributed by atoms with van der Waals surface area (Å²) < 4.78 is 0. The number of rotatable bonds is 6. The molecular formula is C24H21O2P. The van der Waals surface area contributed by atoms with Crippen LogP contribution in [0, 0.1) is 13.8 Å². The van der Waals surface area contributed by atoms with Crippen molar-refractivity contribution in [2.24, 2.45) is 0 Å². The maximum Gasteiger partial charge on any atom is 0.193 e. The highest BCUT2D eigenvalue weighted by Gasteiger charge is 2.18. The van der Waals surface area contributed by atoms with E-state index in [2.05, 4.69) is 12.1 Å². The van der Waals surface area contributed by atoms with Crippen LogP contribution in [-0.4, -0.2) is 17.4 Å². The first-order chi connectivity index (χ1) is 13.1. The van der Waals surface area contributed by atoms with Crippen LogP contribution in [0.1, 0.15) is 43.0 Å². The average Bonchev–Trinajstić information content (AvgIpc) is 2.69. The third-order valence-electron chi connectivity index (χ3n) is 4.53. The standard InChI is InChI=1S/C24H21O2P/c1-17-13-14-21(24(26)20-11-7-4-8-12-20)18(2)23(17)22(25)16-27-15-19-9-5-3-6-10-19/h3-14,16H,15H2,1-2H3. The van der Waals surface area contributed by atoms with Crippen LogP contribution in [0.3, 0.4) is 0 Å². The first-order valence-corrected chi connectivity index (χ1v) is 10.0. The Bertz CT molecular complexity index is 990. The molecule has 3 rings (SSSR count). The number of Topliss-reactive ketones (excluding diaryl/α,β-unsaturated/α-hetero) is 1. The molecule has 0 aliphatic heterocycles. The van der Waals surface area contributed by atoms with Crippen LogP contribution in [0.15, 0.2) is 72.8 Å². The van der Waals surface area contributed by atoms with E-state index in [4.69, 9.17) is 0 Å². The van der Waals surface area contributed by atoms with Crippen molar-refractivity contribution in [1.29, 1.82) is 0 Å². The van der Waals surface area contributed by atoms with E-state index in [-0.39, 0.29) is 11.6 Å². The molecule has 27 heavy (non-hydrogen) atoms. The highest BCUT2D eigenvalue weighted by atomic mass is 31.1. The zero-order valence-corrected chi connectivity index (χ0v) is 16.4. The Morgan fingerprint density at radius 3 is 2.15 bits per heavy atom. The van der Waals surface area contributed by atoms with E-state index in [1.54, 1.807) is 17.9 Å². The summed E-state index contributed by atoms with van der Waals surface area (Å²) >= 11 is 0. The van der Waals surface area contributed by atoms with Gasteiger partial charge in [0.05, 0.1) is 0 Å². The van der Waals surface area contributed by atoms with Gasteiger partial charge in [-0.1, -0.05) is 81.0 Å². The van der Waals surface area contributed by atoms with Crippen LogP contribution in [0.4, 0.5) is 0 Å². The monoisotopic (exact) mass is 372 g/mol. The molecule has 0 atom stereocenters. The smallest absolute Gasteiger partial charge is 0.193 e. The Kier molecular flexibility index (Phi) is 6.11. The molecule has 0 heterocycles. The minimum Gasteiger partial charge on any atom is -0.289 e. The fraction of sp³-hybridized carbons (Fsp3) is 0.125. The Hall–Kier alpha value is -2.83. The van der Waals surface area contributed by atoms with E-state index in [1.807, 2.05) is 62.4 Å². The minimum atomic E-state index is -0.0519. The second-order valence-electron chi connectivity index (χ2n) is 6.44. The number of carbonyl (C=O) groups is 2. The fourth-order valence-electron chi connectivity index (χ4n) is 3.10. The summed E-state index contributed by atoms with van der Waals surface area (Å²) in [5, 5.41) is 0. The van der Waals surface area contributed by atoms with E-state index in [9.17, 15) is 9.59 Å². The molecule has 134 valence electrons. The molecule has 0 unspecified atom stereocenters. The zero-order valence-electron chi connectivity index (χ0n) is 15.5. The normalized spacial score (nSPS) is 10.9. The van der Waals surface area contributed by atoms with Gasteiger partial charge >= 0.3 is 0 Å². The Labute approximate surface area is 161 Å². The highest BCUT2D eigenvalue weighted by Crippen LogP contribution is 2.22. The topological polar surface area (TPSA) is 34.1 Å². The lowest BCUT2D eigenvalue weighted by Gasteiger charge is -2.12. The third-order valence-corrected chi connectivity index (χ3v) is 5.49. The number of hydrogen-bond donors (Lipinski definition) is 0. The van der Waals surface area contributed by atoms with E-state index in [0.29, 0.717) is 16.7 Å². The molecule has 0 fully saturated rings. The lowest BCUT2D eigenvalue weighted by molar-refractivity contribution is 0.103. The molecule has 0 aliphatic carbocycles. The maximum atomic E-state index is 12.8. The van der Waals surface area contributed by atoms with Crippen LogP contribution in [0.5, 0.6) is 0 Å². The lowest BCUT2D eigenvalue weighted by atomic mass is 9.91. The molecule has 3 aromatic carbocycles. The van der Waals surface area contributed by atoms with Gasteiger partial charge in [-0.2, -0.15) is 0 Å². The third kappa shape index (κ3) is 4.48. The van der Waals surface area contributed by atoms with Crippen molar-refractivity contribution < 1.29 is 9.59 Å². The summed E-state index contributed by atoms with van der Waals surface area (Å²) in [5.41, 5.74) is 4.70. The molecule has 0 saturated carbocycles. The van der Waals surface area contributed by atoms with Gasteiger partial charge in [0, 0.05) is 28.6 Å². The molecule has 3 aromatic rings. The Balaban J connectivity index is 1.87. The largest absolute Gasteiger partial charge is 0.289 e. The van der Waals surface area contributed by atoms with E-state index in [1.165, 1.54) is 5.56 Å². The predicted octanol–water partition coefficient (Wildman–Crippen LogP) is 5.67. The van der Waals surface area contributed by atoms with Crippen LogP contribution >= 0.6 is 8.20 Å². The Morgan fingerprint density at radius 1 is 0.852 bits per heavy atom. The second kappa shape index (κ2) is 8.70. The predicted molar refractivity (Wildman–Crippen MR) is 113 cm³/mol. The number of carbonyl (C=O) groups excluding carboxylic acids is 2. The quantitative estimate of drug-likeness (QED) is 0.413. The van der Waals surface area contributed by atoms with Crippen molar-refractivity contribution >= 4 is 25.6 Å². The van der Waals surface area contributed by atoms with Crippen molar-refractivity contribution in [3.05, 3.63) is 106 Å². The van der Waals surface area contributed by atoms with Gasteiger partial charge in [0.2, 0.25) is 0 Å². The molecule has 0 aromatic heterocycles. The molecule has 0 radical (unpaired) electrons. The van der Waals surface area contributed by atoms with Crippen LogP contribution in [0.25, 0.3) is 0 Å². The van der Waals surface area contributed by atoms with Gasteiger partial charge in [0.1, 0.15) is 0 Å². The maximum absolute atomic E-state index is 12.8. The first kappa shape index (κ1) is 18.9. The number of aryl methyl sites for hydroxylation is 1. The van der Waals surface area contributed by atoms with Gasteiger partial charge in [-0.05, 0) is 30.5 Å². The number of benzene rings is 3. The molecular weight excluding hydrogens is 351 g/mol. The highest BCUT2D eigenvalue weighted by molar-refractivity contribution is 7.40. The summed E-state index contributed by atoms with van der Waals surface area (Å²) in [7, 11) is 0.945. The molecule has 3 heteroatoms. The van der Waals surface area contributed by atoms with Crippen LogP contribution in [0.2, 0.25) is 0 Å². The summed E-state index contributed by atoms with van der Waals surface area (Å²) in [6, 6.07) is 22.9. The molecule has 0 saturated heterocycles. The van der Waals surface area contributed by atoms with Crippen LogP contribution < -0.4 is 0 Å².